The lowest BCUT2D eigenvalue weighted by Gasteiger charge is -2.04. The first kappa shape index (κ1) is 12.0. The first-order valence-electron chi connectivity index (χ1n) is 5.40. The van der Waals surface area contributed by atoms with Crippen molar-refractivity contribution < 1.29 is 14.3 Å². The molecule has 0 spiro atoms. The fraction of sp³-hybridized carbons (Fsp3) is 0.167. The van der Waals surface area contributed by atoms with Crippen LogP contribution in [0.3, 0.4) is 0 Å². The zero-order valence-electron chi connectivity index (χ0n) is 9.74. The number of aromatic nitrogens is 3. The number of nitrogens with zero attached hydrogens (tertiary/aromatic N) is 3. The molecular weight excluding hydrogens is 234 g/mol. The van der Waals surface area contributed by atoms with Crippen molar-refractivity contribution in [2.24, 2.45) is 0 Å². The Balaban J connectivity index is 2.28. The van der Waals surface area contributed by atoms with Crippen LogP contribution >= 0.6 is 0 Å². The van der Waals surface area contributed by atoms with E-state index in [1.165, 1.54) is 10.9 Å². The summed E-state index contributed by atoms with van der Waals surface area (Å²) in [6.07, 6.45) is 3.17. The topological polar surface area (TPSA) is 74.1 Å². The molecule has 18 heavy (non-hydrogen) atoms. The average molecular weight is 245 g/mol. The van der Waals surface area contributed by atoms with Crippen LogP contribution < -0.4 is 0 Å². The Bertz CT molecular complexity index is 564. The summed E-state index contributed by atoms with van der Waals surface area (Å²) >= 11 is 0. The number of hydrogen-bond acceptors (Lipinski definition) is 5. The first-order valence-corrected chi connectivity index (χ1v) is 5.40. The van der Waals surface area contributed by atoms with Crippen LogP contribution in [0.5, 0.6) is 0 Å². The summed E-state index contributed by atoms with van der Waals surface area (Å²) in [6.45, 7) is 1.82. The van der Waals surface area contributed by atoms with Crippen LogP contribution in [0, 0.1) is 0 Å². The van der Waals surface area contributed by atoms with E-state index in [1.807, 2.05) is 0 Å². The molecule has 0 aliphatic heterocycles. The van der Waals surface area contributed by atoms with E-state index in [9.17, 15) is 9.59 Å². The van der Waals surface area contributed by atoms with Crippen molar-refractivity contribution in [3.8, 4) is 5.69 Å². The van der Waals surface area contributed by atoms with Crippen LogP contribution in [-0.2, 0) is 9.53 Å². The standard InChI is InChI=1S/C12H11N3O3/c1-2-18-12(17)11(16)9-4-3-5-10(8-9)15-7-6-13-14-15/h3-8H,2H2,1H3. The van der Waals surface area contributed by atoms with Gasteiger partial charge in [-0.1, -0.05) is 17.3 Å². The van der Waals surface area contributed by atoms with Crippen molar-refractivity contribution >= 4 is 11.8 Å². The Kier molecular flexibility index (Phi) is 3.47. The van der Waals surface area contributed by atoms with Crippen molar-refractivity contribution in [1.82, 2.24) is 15.0 Å². The second-order valence-corrected chi connectivity index (χ2v) is 3.45. The molecule has 92 valence electrons. The molecule has 0 aliphatic carbocycles. The summed E-state index contributed by atoms with van der Waals surface area (Å²) in [7, 11) is 0. The quantitative estimate of drug-likeness (QED) is 0.456. The molecule has 6 heteroatoms. The van der Waals surface area contributed by atoms with Gasteiger partial charge in [-0.15, -0.1) is 5.10 Å². The largest absolute Gasteiger partial charge is 0.460 e. The highest BCUT2D eigenvalue weighted by molar-refractivity contribution is 6.40. The molecule has 0 unspecified atom stereocenters. The summed E-state index contributed by atoms with van der Waals surface area (Å²) in [5.41, 5.74) is 0.920. The van der Waals surface area contributed by atoms with Gasteiger partial charge in [0, 0.05) is 5.56 Å². The van der Waals surface area contributed by atoms with Crippen LogP contribution in [0.2, 0.25) is 0 Å². The zero-order chi connectivity index (χ0) is 13.0. The first-order chi connectivity index (χ1) is 8.72. The van der Waals surface area contributed by atoms with Crippen molar-refractivity contribution in [2.75, 3.05) is 6.61 Å². The number of esters is 1. The lowest BCUT2D eigenvalue weighted by molar-refractivity contribution is -0.137. The Hall–Kier alpha value is -2.50. The minimum Gasteiger partial charge on any atom is -0.460 e. The van der Waals surface area contributed by atoms with E-state index in [0.29, 0.717) is 5.69 Å². The maximum Gasteiger partial charge on any atom is 0.379 e. The minimum absolute atomic E-state index is 0.174. The third-order valence-corrected chi connectivity index (χ3v) is 2.26. The number of carbonyl (C=O) groups excluding carboxylic acids is 2. The van der Waals surface area contributed by atoms with Crippen molar-refractivity contribution in [3.63, 3.8) is 0 Å². The van der Waals surface area contributed by atoms with Gasteiger partial charge >= 0.3 is 5.97 Å². The third kappa shape index (κ3) is 2.42. The summed E-state index contributed by atoms with van der Waals surface area (Å²) in [5.74, 6) is -1.52. The van der Waals surface area contributed by atoms with E-state index < -0.39 is 11.8 Å². The Morgan fingerprint density at radius 2 is 2.22 bits per heavy atom. The van der Waals surface area contributed by atoms with Crippen molar-refractivity contribution in [1.29, 1.82) is 0 Å². The summed E-state index contributed by atoms with van der Waals surface area (Å²) in [5, 5.41) is 7.48. The average Bonchev–Trinajstić information content (AvgIpc) is 2.92. The van der Waals surface area contributed by atoms with Gasteiger partial charge in [-0.25, -0.2) is 9.48 Å². The third-order valence-electron chi connectivity index (χ3n) is 2.26. The van der Waals surface area contributed by atoms with Crippen LogP contribution in [-0.4, -0.2) is 33.4 Å². The molecule has 0 radical (unpaired) electrons. The van der Waals surface area contributed by atoms with E-state index in [2.05, 4.69) is 15.0 Å². The highest BCUT2D eigenvalue weighted by atomic mass is 16.5. The molecule has 0 bridgehead atoms. The molecule has 0 aliphatic rings. The van der Waals surface area contributed by atoms with Gasteiger partial charge in [0.05, 0.1) is 24.7 Å². The number of ketones is 1. The van der Waals surface area contributed by atoms with Crippen molar-refractivity contribution in [2.45, 2.75) is 6.92 Å². The number of benzene rings is 1. The van der Waals surface area contributed by atoms with Gasteiger partial charge < -0.3 is 4.74 Å². The number of rotatable bonds is 4. The molecule has 2 aromatic rings. The van der Waals surface area contributed by atoms with Gasteiger partial charge in [-0.2, -0.15) is 0 Å². The van der Waals surface area contributed by atoms with E-state index in [0.717, 1.165) is 0 Å². The molecule has 1 aromatic carbocycles. The predicted octanol–water partition coefficient (Wildman–Crippen LogP) is 1.01. The normalized spacial score (nSPS) is 10.1. The Labute approximate surface area is 103 Å². The highest BCUT2D eigenvalue weighted by Crippen LogP contribution is 2.10. The molecule has 1 heterocycles. The lowest BCUT2D eigenvalue weighted by Crippen LogP contribution is -2.17. The maximum absolute atomic E-state index is 11.7. The Morgan fingerprint density at radius 3 is 2.89 bits per heavy atom. The molecule has 0 fully saturated rings. The number of ether oxygens (including phenoxy) is 1. The molecule has 0 saturated heterocycles. The second kappa shape index (κ2) is 5.22. The summed E-state index contributed by atoms with van der Waals surface area (Å²) in [6, 6.07) is 6.55. The van der Waals surface area contributed by atoms with E-state index in [-0.39, 0.29) is 12.2 Å². The van der Waals surface area contributed by atoms with Crippen LogP contribution in [0.25, 0.3) is 5.69 Å². The molecule has 0 saturated carbocycles. The van der Waals surface area contributed by atoms with E-state index >= 15 is 0 Å². The Morgan fingerprint density at radius 1 is 1.39 bits per heavy atom. The summed E-state index contributed by atoms with van der Waals surface area (Å²) in [4.78, 5) is 23.1. The fourth-order valence-electron chi connectivity index (χ4n) is 1.45. The van der Waals surface area contributed by atoms with Crippen molar-refractivity contribution in [3.05, 3.63) is 42.2 Å². The monoisotopic (exact) mass is 245 g/mol. The molecule has 0 atom stereocenters. The lowest BCUT2D eigenvalue weighted by atomic mass is 10.1. The maximum atomic E-state index is 11.7. The number of hydrogen-bond donors (Lipinski definition) is 0. The van der Waals surface area contributed by atoms with Gasteiger partial charge in [0.15, 0.2) is 0 Å². The van der Waals surface area contributed by atoms with Gasteiger partial charge in [-0.05, 0) is 19.1 Å². The van der Waals surface area contributed by atoms with Crippen LogP contribution in [0.4, 0.5) is 0 Å². The number of Topliss-reactive ketones (excluding diaryl/α,β-unsaturated/α-hetero) is 1. The molecule has 0 N–H and O–H groups in total. The van der Waals surface area contributed by atoms with E-state index in [1.54, 1.807) is 37.4 Å². The van der Waals surface area contributed by atoms with Crippen LogP contribution in [0.15, 0.2) is 36.7 Å². The molecular formula is C12H11N3O3. The predicted molar refractivity (Wildman–Crippen MR) is 62.3 cm³/mol. The highest BCUT2D eigenvalue weighted by Gasteiger charge is 2.17. The summed E-state index contributed by atoms with van der Waals surface area (Å²) < 4.78 is 6.17. The molecule has 0 amide bonds. The fourth-order valence-corrected chi connectivity index (χ4v) is 1.45. The van der Waals surface area contributed by atoms with Gasteiger partial charge in [0.1, 0.15) is 0 Å². The molecule has 1 aromatic heterocycles. The van der Waals surface area contributed by atoms with E-state index in [4.69, 9.17) is 0 Å². The zero-order valence-corrected chi connectivity index (χ0v) is 9.74. The van der Waals surface area contributed by atoms with Crippen LogP contribution in [0.1, 0.15) is 17.3 Å². The SMILES string of the molecule is CCOC(=O)C(=O)c1cccc(-n2ccnn2)c1. The number of carbonyl (C=O) groups is 2. The van der Waals surface area contributed by atoms with Gasteiger partial charge in [-0.3, -0.25) is 4.79 Å². The molecule has 2 rings (SSSR count). The smallest absolute Gasteiger partial charge is 0.379 e. The second-order valence-electron chi connectivity index (χ2n) is 3.45. The molecule has 6 nitrogen and oxygen atoms in total. The van der Waals surface area contributed by atoms with Gasteiger partial charge in [0.25, 0.3) is 5.78 Å². The minimum atomic E-state index is -0.853. The van der Waals surface area contributed by atoms with Gasteiger partial charge in [0.2, 0.25) is 0 Å².